The highest BCUT2D eigenvalue weighted by Gasteiger charge is 2.48. The van der Waals surface area contributed by atoms with Gasteiger partial charge in [-0.1, -0.05) is 26.2 Å². The zero-order chi connectivity index (χ0) is 15.5. The lowest BCUT2D eigenvalue weighted by atomic mass is 9.81. The van der Waals surface area contributed by atoms with Crippen molar-refractivity contribution in [2.45, 2.75) is 64.3 Å². The molecule has 5 nitrogen and oxygen atoms in total. The molecule has 0 aromatic carbocycles. The number of carboxylic acid groups (broad SMARTS) is 1. The lowest BCUT2D eigenvalue weighted by Gasteiger charge is -2.28. The summed E-state index contributed by atoms with van der Waals surface area (Å²) in [5.41, 5.74) is -1.12. The molecule has 0 aromatic rings. The summed E-state index contributed by atoms with van der Waals surface area (Å²) >= 11 is 0. The molecule has 0 saturated heterocycles. The Morgan fingerprint density at radius 3 is 2.52 bits per heavy atom. The third-order valence-electron chi connectivity index (χ3n) is 5.09. The minimum Gasteiger partial charge on any atom is -0.480 e. The molecule has 120 valence electrons. The average molecular weight is 296 g/mol. The number of carboxylic acids is 1. The van der Waals surface area contributed by atoms with E-state index in [0.717, 1.165) is 25.2 Å². The van der Waals surface area contributed by atoms with Crippen molar-refractivity contribution in [1.29, 1.82) is 0 Å². The summed E-state index contributed by atoms with van der Waals surface area (Å²) in [4.78, 5) is 23.3. The molecule has 0 radical (unpaired) electrons. The Kier molecular flexibility index (Phi) is 5.12. The van der Waals surface area contributed by atoms with Gasteiger partial charge in [-0.05, 0) is 50.4 Å². The van der Waals surface area contributed by atoms with E-state index >= 15 is 0 Å². The van der Waals surface area contributed by atoms with Crippen molar-refractivity contribution in [3.05, 3.63) is 0 Å². The van der Waals surface area contributed by atoms with Crippen LogP contribution in [0.25, 0.3) is 0 Å². The average Bonchev–Trinajstić information content (AvgIpc) is 3.23. The lowest BCUT2D eigenvalue weighted by Crippen LogP contribution is -2.56. The first-order valence-electron chi connectivity index (χ1n) is 8.21. The molecular formula is C16H28N2O3. The van der Waals surface area contributed by atoms with Crippen LogP contribution in [0.3, 0.4) is 0 Å². The fourth-order valence-corrected chi connectivity index (χ4v) is 3.48. The first-order chi connectivity index (χ1) is 9.91. The summed E-state index contributed by atoms with van der Waals surface area (Å²) in [6.45, 7) is 4.53. The Morgan fingerprint density at radius 2 is 1.95 bits per heavy atom. The van der Waals surface area contributed by atoms with Gasteiger partial charge in [0.2, 0.25) is 0 Å². The molecule has 0 aromatic heterocycles. The summed E-state index contributed by atoms with van der Waals surface area (Å²) in [5.74, 6) is 0.618. The van der Waals surface area contributed by atoms with E-state index in [1.807, 2.05) is 0 Å². The predicted molar refractivity (Wildman–Crippen MR) is 81.0 cm³/mol. The first-order valence-corrected chi connectivity index (χ1v) is 8.21. The molecule has 0 spiro atoms. The Balaban J connectivity index is 1.70. The van der Waals surface area contributed by atoms with Gasteiger partial charge in [-0.15, -0.1) is 0 Å². The second-order valence-electron chi connectivity index (χ2n) is 7.09. The molecule has 2 fully saturated rings. The molecule has 3 atom stereocenters. The third kappa shape index (κ3) is 4.35. The Bertz CT molecular complexity index is 395. The topological polar surface area (TPSA) is 78.4 Å². The van der Waals surface area contributed by atoms with E-state index in [4.69, 9.17) is 0 Å². The van der Waals surface area contributed by atoms with Crippen LogP contribution in [0.5, 0.6) is 0 Å². The third-order valence-corrected chi connectivity index (χ3v) is 5.09. The van der Waals surface area contributed by atoms with Crippen molar-refractivity contribution in [3.8, 4) is 0 Å². The van der Waals surface area contributed by atoms with Gasteiger partial charge in [-0.2, -0.15) is 0 Å². The van der Waals surface area contributed by atoms with Crippen LogP contribution in [-0.2, 0) is 4.79 Å². The van der Waals surface area contributed by atoms with Crippen LogP contribution < -0.4 is 10.6 Å². The molecular weight excluding hydrogens is 268 g/mol. The van der Waals surface area contributed by atoms with Gasteiger partial charge in [0, 0.05) is 6.54 Å². The molecule has 0 aliphatic heterocycles. The Hall–Kier alpha value is -1.26. The number of urea groups is 1. The summed E-state index contributed by atoms with van der Waals surface area (Å²) in [6.07, 6.45) is 7.86. The van der Waals surface area contributed by atoms with E-state index in [0.29, 0.717) is 12.5 Å². The van der Waals surface area contributed by atoms with E-state index in [1.165, 1.54) is 25.7 Å². The molecule has 2 rings (SSSR count). The van der Waals surface area contributed by atoms with Crippen LogP contribution >= 0.6 is 0 Å². The van der Waals surface area contributed by atoms with E-state index in [-0.39, 0.29) is 11.9 Å². The highest BCUT2D eigenvalue weighted by atomic mass is 16.4. The van der Waals surface area contributed by atoms with Gasteiger partial charge in [0.05, 0.1) is 0 Å². The lowest BCUT2D eigenvalue weighted by molar-refractivity contribution is -0.144. The van der Waals surface area contributed by atoms with Crippen molar-refractivity contribution in [2.24, 2.45) is 17.8 Å². The van der Waals surface area contributed by atoms with Crippen molar-refractivity contribution in [1.82, 2.24) is 10.6 Å². The van der Waals surface area contributed by atoms with Gasteiger partial charge in [-0.3, -0.25) is 0 Å². The molecule has 21 heavy (non-hydrogen) atoms. The number of hydrogen-bond donors (Lipinski definition) is 3. The van der Waals surface area contributed by atoms with Gasteiger partial charge in [0.1, 0.15) is 5.54 Å². The van der Waals surface area contributed by atoms with Crippen molar-refractivity contribution in [2.75, 3.05) is 6.54 Å². The van der Waals surface area contributed by atoms with Crippen LogP contribution in [0.15, 0.2) is 0 Å². The minimum absolute atomic E-state index is 0.0694. The van der Waals surface area contributed by atoms with E-state index in [2.05, 4.69) is 17.6 Å². The predicted octanol–water partition coefficient (Wildman–Crippen LogP) is 2.76. The van der Waals surface area contributed by atoms with Gasteiger partial charge < -0.3 is 15.7 Å². The maximum atomic E-state index is 11.9. The van der Waals surface area contributed by atoms with E-state index in [1.54, 1.807) is 6.92 Å². The fraction of sp³-hybridized carbons (Fsp3) is 0.875. The quantitative estimate of drug-likeness (QED) is 0.705. The Morgan fingerprint density at radius 1 is 1.24 bits per heavy atom. The molecule has 2 aliphatic carbocycles. The second kappa shape index (κ2) is 6.67. The molecule has 3 unspecified atom stereocenters. The highest BCUT2D eigenvalue weighted by Crippen LogP contribution is 2.39. The monoisotopic (exact) mass is 296 g/mol. The minimum atomic E-state index is -1.12. The van der Waals surface area contributed by atoms with Crippen LogP contribution in [0.1, 0.15) is 58.8 Å². The maximum Gasteiger partial charge on any atom is 0.329 e. The summed E-state index contributed by atoms with van der Waals surface area (Å²) in [6, 6.07) is -0.351. The van der Waals surface area contributed by atoms with Crippen LogP contribution in [0, 0.1) is 17.8 Å². The molecule has 0 heterocycles. The van der Waals surface area contributed by atoms with Crippen LogP contribution in [-0.4, -0.2) is 29.2 Å². The van der Waals surface area contributed by atoms with Crippen molar-refractivity contribution < 1.29 is 14.7 Å². The summed E-state index contributed by atoms with van der Waals surface area (Å²) in [5, 5.41) is 14.8. The SMILES string of the molecule is CC1CCCC(CCNC(=O)NC(C)(C(=O)O)C2CC2)C1. The smallest absolute Gasteiger partial charge is 0.329 e. The first kappa shape index (κ1) is 16.1. The maximum absolute atomic E-state index is 11.9. The number of hydrogen-bond acceptors (Lipinski definition) is 2. The van der Waals surface area contributed by atoms with Gasteiger partial charge in [-0.25, -0.2) is 9.59 Å². The van der Waals surface area contributed by atoms with E-state index in [9.17, 15) is 14.7 Å². The molecule has 2 aliphatic rings. The highest BCUT2D eigenvalue weighted by molar-refractivity contribution is 5.86. The molecule has 3 N–H and O–H groups in total. The number of carbonyl (C=O) groups is 2. The van der Waals surface area contributed by atoms with Gasteiger partial charge in [0.15, 0.2) is 0 Å². The normalized spacial score (nSPS) is 28.5. The number of nitrogens with one attached hydrogen (secondary N) is 2. The largest absolute Gasteiger partial charge is 0.480 e. The van der Waals surface area contributed by atoms with Gasteiger partial charge in [0.25, 0.3) is 0 Å². The van der Waals surface area contributed by atoms with Gasteiger partial charge >= 0.3 is 12.0 Å². The number of carbonyl (C=O) groups excluding carboxylic acids is 1. The number of aliphatic carboxylic acids is 1. The molecule has 2 amide bonds. The summed E-state index contributed by atoms with van der Waals surface area (Å²) in [7, 11) is 0. The zero-order valence-corrected chi connectivity index (χ0v) is 13.2. The molecule has 0 bridgehead atoms. The van der Waals surface area contributed by atoms with Crippen molar-refractivity contribution >= 4 is 12.0 Å². The number of rotatable bonds is 6. The molecule has 2 saturated carbocycles. The standard InChI is InChI=1S/C16H28N2O3/c1-11-4-3-5-12(10-11)8-9-17-15(21)18-16(2,14(19)20)13-6-7-13/h11-13H,3-10H2,1-2H3,(H,19,20)(H2,17,18,21). The van der Waals surface area contributed by atoms with Crippen molar-refractivity contribution in [3.63, 3.8) is 0 Å². The van der Waals surface area contributed by atoms with Crippen LogP contribution in [0.2, 0.25) is 0 Å². The van der Waals surface area contributed by atoms with Crippen LogP contribution in [0.4, 0.5) is 4.79 Å². The fourth-order valence-electron chi connectivity index (χ4n) is 3.48. The molecule has 5 heteroatoms. The second-order valence-corrected chi connectivity index (χ2v) is 7.09. The summed E-state index contributed by atoms with van der Waals surface area (Å²) < 4.78 is 0. The zero-order valence-electron chi connectivity index (χ0n) is 13.2. The number of amides is 2. The van der Waals surface area contributed by atoms with E-state index < -0.39 is 11.5 Å². The Labute approximate surface area is 126 Å².